The van der Waals surface area contributed by atoms with Crippen LogP contribution in [0.2, 0.25) is 0 Å². The molecule has 2 aromatic carbocycles. The summed E-state index contributed by atoms with van der Waals surface area (Å²) in [7, 11) is 0. The summed E-state index contributed by atoms with van der Waals surface area (Å²) < 4.78 is 24.0. The Balaban J connectivity index is 1.48. The second-order valence-corrected chi connectivity index (χ2v) is 5.93. The maximum atomic E-state index is 6.10. The minimum atomic E-state index is -0.368. The third-order valence-corrected chi connectivity index (χ3v) is 4.30. The van der Waals surface area contributed by atoms with E-state index in [1.54, 1.807) is 0 Å². The smallest absolute Gasteiger partial charge is 0.184 e. The van der Waals surface area contributed by atoms with Crippen LogP contribution in [0.1, 0.15) is 30.6 Å². The van der Waals surface area contributed by atoms with Crippen molar-refractivity contribution in [2.75, 3.05) is 6.61 Å². The van der Waals surface area contributed by atoms with E-state index in [2.05, 4.69) is 0 Å². The first-order valence-electron chi connectivity index (χ1n) is 7.99. The highest BCUT2D eigenvalue weighted by molar-refractivity contribution is 5.18. The Bertz CT molecular complexity index is 630. The van der Waals surface area contributed by atoms with Gasteiger partial charge in [-0.2, -0.15) is 0 Å². The molecular formula is C19H20O4. The van der Waals surface area contributed by atoms with Gasteiger partial charge in [0.1, 0.15) is 12.2 Å². The maximum absolute atomic E-state index is 6.10. The normalized spacial score (nSPS) is 33.9. The molecule has 0 saturated carbocycles. The van der Waals surface area contributed by atoms with Crippen LogP contribution in [0.15, 0.2) is 60.7 Å². The molecule has 5 atom stereocenters. The van der Waals surface area contributed by atoms with Gasteiger partial charge < -0.3 is 18.9 Å². The molecule has 0 N–H and O–H groups in total. The van der Waals surface area contributed by atoms with Gasteiger partial charge in [-0.1, -0.05) is 60.7 Å². The fourth-order valence-electron chi connectivity index (χ4n) is 3.09. The average Bonchev–Trinajstić information content (AvgIpc) is 2.63. The monoisotopic (exact) mass is 312 g/mol. The van der Waals surface area contributed by atoms with Gasteiger partial charge >= 0.3 is 0 Å². The lowest BCUT2D eigenvalue weighted by Gasteiger charge is -2.45. The lowest BCUT2D eigenvalue weighted by atomic mass is 10.0. The molecule has 4 nitrogen and oxygen atoms in total. The Kier molecular flexibility index (Phi) is 4.14. The molecule has 2 aromatic rings. The first-order valence-corrected chi connectivity index (χ1v) is 7.99. The molecule has 2 heterocycles. The lowest BCUT2D eigenvalue weighted by molar-refractivity contribution is -0.360. The highest BCUT2D eigenvalue weighted by Gasteiger charge is 2.43. The van der Waals surface area contributed by atoms with Crippen LogP contribution in [-0.2, 0) is 18.9 Å². The van der Waals surface area contributed by atoms with Crippen LogP contribution in [0.5, 0.6) is 0 Å². The summed E-state index contributed by atoms with van der Waals surface area (Å²) in [5, 5.41) is 0. The maximum Gasteiger partial charge on any atom is 0.184 e. The highest BCUT2D eigenvalue weighted by Crippen LogP contribution is 2.37. The number of benzene rings is 2. The molecule has 0 aliphatic carbocycles. The van der Waals surface area contributed by atoms with Crippen LogP contribution in [0.3, 0.4) is 0 Å². The van der Waals surface area contributed by atoms with E-state index in [1.165, 1.54) is 0 Å². The van der Waals surface area contributed by atoms with E-state index in [9.17, 15) is 0 Å². The Labute approximate surface area is 135 Å². The van der Waals surface area contributed by atoms with Crippen LogP contribution in [0, 0.1) is 0 Å². The minimum Gasteiger partial charge on any atom is -0.346 e. The second-order valence-electron chi connectivity index (χ2n) is 5.93. The Morgan fingerprint density at radius 3 is 2.00 bits per heavy atom. The van der Waals surface area contributed by atoms with Crippen molar-refractivity contribution >= 4 is 0 Å². The fourth-order valence-corrected chi connectivity index (χ4v) is 3.09. The van der Waals surface area contributed by atoms with Gasteiger partial charge in [0.15, 0.2) is 12.6 Å². The van der Waals surface area contributed by atoms with Crippen molar-refractivity contribution < 1.29 is 18.9 Å². The number of hydrogen-bond acceptors (Lipinski definition) is 4. The predicted octanol–water partition coefficient (Wildman–Crippen LogP) is 3.60. The number of hydrogen-bond donors (Lipinski definition) is 0. The van der Waals surface area contributed by atoms with Crippen molar-refractivity contribution in [3.8, 4) is 0 Å². The topological polar surface area (TPSA) is 36.9 Å². The zero-order valence-corrected chi connectivity index (χ0v) is 13.0. The average molecular weight is 312 g/mol. The molecular weight excluding hydrogens is 292 g/mol. The van der Waals surface area contributed by atoms with Gasteiger partial charge in [-0.25, -0.2) is 0 Å². The van der Waals surface area contributed by atoms with Gasteiger partial charge in [0.05, 0.1) is 12.7 Å². The van der Waals surface area contributed by atoms with E-state index in [0.29, 0.717) is 6.61 Å². The van der Waals surface area contributed by atoms with Gasteiger partial charge in [-0.3, -0.25) is 0 Å². The number of rotatable bonds is 2. The van der Waals surface area contributed by atoms with Crippen molar-refractivity contribution in [2.45, 2.75) is 37.8 Å². The molecule has 120 valence electrons. The van der Waals surface area contributed by atoms with Crippen molar-refractivity contribution in [1.82, 2.24) is 0 Å². The quantitative estimate of drug-likeness (QED) is 0.849. The van der Waals surface area contributed by atoms with Gasteiger partial charge in [0.25, 0.3) is 0 Å². The highest BCUT2D eigenvalue weighted by atomic mass is 16.8. The van der Waals surface area contributed by atoms with Crippen LogP contribution < -0.4 is 0 Å². The van der Waals surface area contributed by atoms with Gasteiger partial charge in [-0.15, -0.1) is 0 Å². The van der Waals surface area contributed by atoms with Gasteiger partial charge in [0, 0.05) is 11.1 Å². The van der Waals surface area contributed by atoms with E-state index >= 15 is 0 Å². The fraction of sp³-hybridized carbons (Fsp3) is 0.368. The first kappa shape index (κ1) is 14.8. The molecule has 0 bridgehead atoms. The number of fused-ring (bicyclic) bond motifs is 1. The first-order chi connectivity index (χ1) is 11.3. The van der Waals surface area contributed by atoms with Crippen molar-refractivity contribution in [2.24, 2.45) is 0 Å². The molecule has 2 aliphatic rings. The van der Waals surface area contributed by atoms with Crippen molar-refractivity contribution in [3.05, 3.63) is 71.8 Å². The summed E-state index contributed by atoms with van der Waals surface area (Å²) in [6.45, 7) is 2.53. The summed E-state index contributed by atoms with van der Waals surface area (Å²) >= 11 is 0. The largest absolute Gasteiger partial charge is 0.346 e. The molecule has 4 unspecified atom stereocenters. The number of ether oxygens (including phenoxy) is 4. The lowest BCUT2D eigenvalue weighted by Crippen LogP contribution is -2.53. The zero-order chi connectivity index (χ0) is 15.6. The minimum absolute atomic E-state index is 0.0610. The van der Waals surface area contributed by atoms with Gasteiger partial charge in [0.2, 0.25) is 0 Å². The third-order valence-electron chi connectivity index (χ3n) is 4.30. The molecule has 0 amide bonds. The Hall–Kier alpha value is -1.72. The summed E-state index contributed by atoms with van der Waals surface area (Å²) in [4.78, 5) is 0. The van der Waals surface area contributed by atoms with Crippen LogP contribution in [0.4, 0.5) is 0 Å². The second kappa shape index (κ2) is 6.42. The van der Waals surface area contributed by atoms with E-state index in [4.69, 9.17) is 18.9 Å². The molecule has 0 radical (unpaired) electrons. The summed E-state index contributed by atoms with van der Waals surface area (Å²) in [5.74, 6) is 0. The predicted molar refractivity (Wildman–Crippen MR) is 84.6 cm³/mol. The van der Waals surface area contributed by atoms with Crippen LogP contribution in [-0.4, -0.2) is 24.9 Å². The molecule has 23 heavy (non-hydrogen) atoms. The molecule has 2 saturated heterocycles. The Morgan fingerprint density at radius 1 is 0.739 bits per heavy atom. The van der Waals surface area contributed by atoms with E-state index in [0.717, 1.165) is 11.1 Å². The summed E-state index contributed by atoms with van der Waals surface area (Å²) in [6.07, 6.45) is -1.04. The molecule has 4 rings (SSSR count). The van der Waals surface area contributed by atoms with E-state index in [-0.39, 0.29) is 30.9 Å². The summed E-state index contributed by atoms with van der Waals surface area (Å²) in [5.41, 5.74) is 2.03. The van der Waals surface area contributed by atoms with Crippen molar-refractivity contribution in [3.63, 3.8) is 0 Å². The molecule has 2 fully saturated rings. The molecule has 4 heteroatoms. The molecule has 0 aromatic heterocycles. The molecule has 2 aliphatic heterocycles. The van der Waals surface area contributed by atoms with Crippen LogP contribution >= 0.6 is 0 Å². The standard InChI is InChI=1S/C19H20O4/c1-13-17-16(22-19(21-13)15-10-6-3-7-11-15)12-20-18(23-17)14-8-4-2-5-9-14/h2-11,13,16-19H,12H2,1H3/t13?,16?,17?,18?,19-/m1/s1. The van der Waals surface area contributed by atoms with E-state index in [1.807, 2.05) is 67.6 Å². The van der Waals surface area contributed by atoms with Gasteiger partial charge in [-0.05, 0) is 6.92 Å². The SMILES string of the molecule is CC1O[C@@H](c2ccccc2)OC2COC(c3ccccc3)OC12. The zero-order valence-electron chi connectivity index (χ0n) is 13.0. The van der Waals surface area contributed by atoms with Crippen molar-refractivity contribution in [1.29, 1.82) is 0 Å². The molecule has 0 spiro atoms. The third kappa shape index (κ3) is 3.03. The van der Waals surface area contributed by atoms with E-state index < -0.39 is 0 Å². The Morgan fingerprint density at radius 2 is 1.35 bits per heavy atom. The summed E-state index contributed by atoms with van der Waals surface area (Å²) in [6, 6.07) is 19.9. The van der Waals surface area contributed by atoms with Crippen LogP contribution in [0.25, 0.3) is 0 Å².